The van der Waals surface area contributed by atoms with Gasteiger partial charge in [-0.2, -0.15) is 26.3 Å². The van der Waals surface area contributed by atoms with Crippen LogP contribution in [-0.2, 0) is 17.1 Å². The number of carbonyl (C=O) groups excluding carboxylic acids is 1. The van der Waals surface area contributed by atoms with E-state index in [0.717, 1.165) is 6.07 Å². The highest BCUT2D eigenvalue weighted by Crippen LogP contribution is 2.35. The number of halogens is 6. The Morgan fingerprint density at radius 1 is 1.09 bits per heavy atom. The summed E-state index contributed by atoms with van der Waals surface area (Å²) in [5.41, 5.74) is -3.48. The van der Waals surface area contributed by atoms with Crippen LogP contribution in [0.15, 0.2) is 24.3 Å². The van der Waals surface area contributed by atoms with Gasteiger partial charge in [0.1, 0.15) is 5.69 Å². The van der Waals surface area contributed by atoms with Gasteiger partial charge in [0.2, 0.25) is 0 Å². The minimum absolute atomic E-state index is 0.136. The quantitative estimate of drug-likeness (QED) is 0.600. The fourth-order valence-electron chi connectivity index (χ4n) is 1.93. The molecule has 0 fully saturated rings. The fraction of sp³-hybridized carbons (Fsp3) is 0.286. The summed E-state index contributed by atoms with van der Waals surface area (Å²) in [6.07, 6.45) is -9.55. The molecular weight excluding hydrogens is 328 g/mol. The highest BCUT2D eigenvalue weighted by atomic mass is 19.4. The van der Waals surface area contributed by atoms with E-state index in [4.69, 9.17) is 0 Å². The van der Waals surface area contributed by atoms with Crippen LogP contribution in [0, 0.1) is 0 Å². The predicted molar refractivity (Wildman–Crippen MR) is 67.7 cm³/mol. The lowest BCUT2D eigenvalue weighted by atomic mass is 10.0. The summed E-state index contributed by atoms with van der Waals surface area (Å²) in [5.74, 6) is -1.15. The van der Waals surface area contributed by atoms with Crippen molar-refractivity contribution in [1.29, 1.82) is 0 Å². The van der Waals surface area contributed by atoms with E-state index in [2.05, 4.69) is 9.72 Å². The van der Waals surface area contributed by atoms with Crippen molar-refractivity contribution in [2.45, 2.75) is 19.3 Å². The van der Waals surface area contributed by atoms with E-state index in [1.807, 2.05) is 0 Å². The maximum absolute atomic E-state index is 12.8. The summed E-state index contributed by atoms with van der Waals surface area (Å²) in [4.78, 5) is 15.1. The second-order valence-corrected chi connectivity index (χ2v) is 4.50. The van der Waals surface area contributed by atoms with Crippen molar-refractivity contribution >= 4 is 16.9 Å². The number of alkyl halides is 6. The van der Waals surface area contributed by atoms with Crippen LogP contribution in [0.4, 0.5) is 26.3 Å². The number of carbonyl (C=O) groups is 1. The molecule has 23 heavy (non-hydrogen) atoms. The molecule has 1 aromatic carbocycles. The maximum Gasteiger partial charge on any atom is 0.433 e. The average molecular weight is 337 g/mol. The summed E-state index contributed by atoms with van der Waals surface area (Å²) >= 11 is 0. The molecule has 0 saturated heterocycles. The molecule has 0 amide bonds. The number of benzene rings is 1. The first-order valence-electron chi connectivity index (χ1n) is 6.30. The number of pyridine rings is 1. The molecule has 9 heteroatoms. The Bertz CT molecular complexity index is 751. The largest absolute Gasteiger partial charge is 0.462 e. The average Bonchev–Trinajstić information content (AvgIpc) is 2.43. The van der Waals surface area contributed by atoms with Crippen LogP contribution in [0.5, 0.6) is 0 Å². The van der Waals surface area contributed by atoms with Crippen LogP contribution in [0.2, 0.25) is 0 Å². The van der Waals surface area contributed by atoms with E-state index in [-0.39, 0.29) is 17.5 Å². The van der Waals surface area contributed by atoms with Crippen molar-refractivity contribution in [1.82, 2.24) is 4.98 Å². The van der Waals surface area contributed by atoms with Crippen LogP contribution in [0.25, 0.3) is 10.9 Å². The molecule has 2 aromatic rings. The number of nitrogens with zero attached hydrogens (tertiary/aromatic N) is 1. The number of rotatable bonds is 2. The summed E-state index contributed by atoms with van der Waals surface area (Å²) in [7, 11) is 0. The summed E-state index contributed by atoms with van der Waals surface area (Å²) in [6.45, 7) is 1.29. The third kappa shape index (κ3) is 3.54. The van der Waals surface area contributed by atoms with Crippen LogP contribution in [-0.4, -0.2) is 17.6 Å². The maximum atomic E-state index is 12.8. The van der Waals surface area contributed by atoms with Crippen molar-refractivity contribution in [3.63, 3.8) is 0 Å². The first-order valence-corrected chi connectivity index (χ1v) is 6.30. The lowest BCUT2D eigenvalue weighted by Gasteiger charge is -2.13. The molecule has 124 valence electrons. The molecule has 0 unspecified atom stereocenters. The standard InChI is InChI=1S/C14H9F6NO2/c1-2-23-12(22)9-6-11(14(18,19)20)21-10-4-3-7(5-8(9)10)13(15,16)17/h3-6H,2H2,1H3. The zero-order chi connectivity index (χ0) is 17.4. The van der Waals surface area contributed by atoms with Gasteiger partial charge in [0, 0.05) is 5.39 Å². The Morgan fingerprint density at radius 3 is 2.26 bits per heavy atom. The highest BCUT2D eigenvalue weighted by molar-refractivity contribution is 6.03. The molecule has 0 saturated carbocycles. The van der Waals surface area contributed by atoms with Gasteiger partial charge in [0.15, 0.2) is 0 Å². The third-order valence-electron chi connectivity index (χ3n) is 2.92. The van der Waals surface area contributed by atoms with Gasteiger partial charge in [-0.3, -0.25) is 0 Å². The topological polar surface area (TPSA) is 39.2 Å². The van der Waals surface area contributed by atoms with E-state index in [1.165, 1.54) is 6.92 Å². The van der Waals surface area contributed by atoms with Crippen LogP contribution >= 0.6 is 0 Å². The van der Waals surface area contributed by atoms with Crippen LogP contribution in [0.1, 0.15) is 28.5 Å². The Kier molecular flexibility index (Phi) is 4.23. The zero-order valence-corrected chi connectivity index (χ0v) is 11.5. The van der Waals surface area contributed by atoms with E-state index >= 15 is 0 Å². The molecule has 0 aliphatic rings. The first-order chi connectivity index (χ1) is 10.5. The molecule has 0 atom stereocenters. The van der Waals surface area contributed by atoms with Gasteiger partial charge < -0.3 is 4.74 Å². The molecule has 2 rings (SSSR count). The van der Waals surface area contributed by atoms with Gasteiger partial charge in [-0.1, -0.05) is 0 Å². The molecule has 0 N–H and O–H groups in total. The summed E-state index contributed by atoms with van der Waals surface area (Å²) < 4.78 is 81.3. The van der Waals surface area contributed by atoms with Crippen molar-refractivity contribution in [2.24, 2.45) is 0 Å². The van der Waals surface area contributed by atoms with Crippen molar-refractivity contribution in [3.05, 3.63) is 41.1 Å². The van der Waals surface area contributed by atoms with Crippen molar-refractivity contribution < 1.29 is 35.9 Å². The minimum atomic E-state index is -4.85. The molecule has 0 aliphatic heterocycles. The Hall–Kier alpha value is -2.32. The number of hydrogen-bond donors (Lipinski definition) is 0. The van der Waals surface area contributed by atoms with Gasteiger partial charge in [-0.05, 0) is 31.2 Å². The molecule has 0 aliphatic carbocycles. The number of aromatic nitrogens is 1. The van der Waals surface area contributed by atoms with E-state index in [0.29, 0.717) is 18.2 Å². The van der Waals surface area contributed by atoms with Crippen molar-refractivity contribution in [2.75, 3.05) is 6.61 Å². The van der Waals surface area contributed by atoms with E-state index < -0.39 is 35.1 Å². The smallest absolute Gasteiger partial charge is 0.433 e. The number of hydrogen-bond acceptors (Lipinski definition) is 3. The van der Waals surface area contributed by atoms with Gasteiger partial charge in [-0.25, -0.2) is 9.78 Å². The van der Waals surface area contributed by atoms with E-state index in [1.54, 1.807) is 0 Å². The third-order valence-corrected chi connectivity index (χ3v) is 2.92. The van der Waals surface area contributed by atoms with Crippen molar-refractivity contribution in [3.8, 4) is 0 Å². The predicted octanol–water partition coefficient (Wildman–Crippen LogP) is 4.45. The Balaban J connectivity index is 2.76. The van der Waals surface area contributed by atoms with Crippen LogP contribution in [0.3, 0.4) is 0 Å². The van der Waals surface area contributed by atoms with E-state index in [9.17, 15) is 31.1 Å². The second-order valence-electron chi connectivity index (χ2n) is 4.50. The molecule has 0 radical (unpaired) electrons. The summed E-state index contributed by atoms with van der Waals surface area (Å²) in [5, 5.41) is -0.355. The van der Waals surface area contributed by atoms with Gasteiger partial charge >= 0.3 is 18.3 Å². The number of fused-ring (bicyclic) bond motifs is 1. The Labute approximate surface area is 125 Å². The lowest BCUT2D eigenvalue weighted by molar-refractivity contribution is -0.141. The minimum Gasteiger partial charge on any atom is -0.462 e. The molecular formula is C14H9F6NO2. The molecule has 0 spiro atoms. The first kappa shape index (κ1) is 17.0. The number of ether oxygens (including phenoxy) is 1. The number of esters is 1. The fourth-order valence-corrected chi connectivity index (χ4v) is 1.93. The summed E-state index contributed by atoms with van der Waals surface area (Å²) in [6, 6.07) is 2.36. The normalized spacial score (nSPS) is 12.5. The SMILES string of the molecule is CCOC(=O)c1cc(C(F)(F)F)nc2ccc(C(F)(F)F)cc12. The zero-order valence-electron chi connectivity index (χ0n) is 11.5. The molecule has 0 bridgehead atoms. The molecule has 3 nitrogen and oxygen atoms in total. The second kappa shape index (κ2) is 5.71. The van der Waals surface area contributed by atoms with Crippen LogP contribution < -0.4 is 0 Å². The van der Waals surface area contributed by atoms with Gasteiger partial charge in [0.25, 0.3) is 0 Å². The van der Waals surface area contributed by atoms with Gasteiger partial charge in [-0.15, -0.1) is 0 Å². The Morgan fingerprint density at radius 2 is 1.74 bits per heavy atom. The molecule has 1 heterocycles. The molecule has 1 aromatic heterocycles. The van der Waals surface area contributed by atoms with Gasteiger partial charge in [0.05, 0.1) is 23.3 Å². The highest BCUT2D eigenvalue weighted by Gasteiger charge is 2.35. The lowest BCUT2D eigenvalue weighted by Crippen LogP contribution is -2.13. The monoisotopic (exact) mass is 337 g/mol.